The Kier molecular flexibility index (Phi) is 24.2. The van der Waals surface area contributed by atoms with E-state index in [1.807, 2.05) is 202 Å². The minimum Gasteiger partial charge on any atom is -0.482 e. The number of carbonyl (C=O) groups is 3. The van der Waals surface area contributed by atoms with Gasteiger partial charge >= 0.3 is 18.3 Å². The molecule has 24 heteroatoms. The van der Waals surface area contributed by atoms with Crippen LogP contribution in [-0.4, -0.2) is 156 Å². The van der Waals surface area contributed by atoms with E-state index in [0.717, 1.165) is 116 Å². The number of carbonyl (C=O) groups excluding carboxylic acids is 3. The Balaban J connectivity index is 0.000000128. The Morgan fingerprint density at radius 1 is 0.415 bits per heavy atom. The zero-order valence-corrected chi connectivity index (χ0v) is 71.5. The molecular formula is C99H105N11O13. The molecule has 8 aromatic carbocycles. The molecule has 0 aliphatic carbocycles. The summed E-state index contributed by atoms with van der Waals surface area (Å²) >= 11 is 0. The van der Waals surface area contributed by atoms with Gasteiger partial charge in [0.15, 0.2) is 11.5 Å². The summed E-state index contributed by atoms with van der Waals surface area (Å²) in [5, 5.41) is 23.4. The molecule has 0 saturated carbocycles. The van der Waals surface area contributed by atoms with Crippen LogP contribution in [0, 0.1) is 20.4 Å². The third kappa shape index (κ3) is 19.9. The van der Waals surface area contributed by atoms with Crippen molar-refractivity contribution in [1.82, 2.24) is 40.3 Å². The van der Waals surface area contributed by atoms with E-state index in [4.69, 9.17) is 59.7 Å². The molecule has 4 saturated heterocycles. The maximum Gasteiger partial charge on any atom is 0.410 e. The number of oxime groups is 1. The summed E-state index contributed by atoms with van der Waals surface area (Å²) in [5.41, 5.74) is 18.8. The molecule has 3 amide bonds. The van der Waals surface area contributed by atoms with Crippen molar-refractivity contribution in [2.24, 2.45) is 10.9 Å². The molecule has 4 fully saturated rings. The van der Waals surface area contributed by atoms with E-state index in [0.29, 0.717) is 112 Å². The summed E-state index contributed by atoms with van der Waals surface area (Å²) in [6.07, 6.45) is 14.2. The molecule has 0 bridgehead atoms. The van der Waals surface area contributed by atoms with E-state index in [9.17, 15) is 14.4 Å². The number of amidine groups is 1. The summed E-state index contributed by atoms with van der Waals surface area (Å²) in [5.74, 6) is 5.91. The number of hydrogen-bond donors (Lipinski definition) is 3. The van der Waals surface area contributed by atoms with Gasteiger partial charge in [-0.3, -0.25) is 0 Å². The van der Waals surface area contributed by atoms with Gasteiger partial charge in [-0.15, -0.1) is 0 Å². The molecule has 0 atom stereocenters. The van der Waals surface area contributed by atoms with Crippen LogP contribution in [0.25, 0.3) is 49.9 Å². The van der Waals surface area contributed by atoms with Crippen molar-refractivity contribution in [2.45, 2.75) is 167 Å². The first kappa shape index (κ1) is 84.7. The number of nitrogens with two attached hydrogens (primary N) is 1. The van der Waals surface area contributed by atoms with E-state index in [-0.39, 0.29) is 29.7 Å². The Hall–Kier alpha value is -13.3. The number of aryl methyl sites for hydroxylation is 2. The first-order valence-corrected chi connectivity index (χ1v) is 42.0. The first-order chi connectivity index (χ1) is 58.9. The monoisotopic (exact) mass is 1660 g/mol. The highest BCUT2D eigenvalue weighted by Crippen LogP contribution is 2.49. The third-order valence-corrected chi connectivity index (χ3v) is 22.7. The van der Waals surface area contributed by atoms with Gasteiger partial charge in [0.05, 0.1) is 6.57 Å². The topological polar surface area (TPSA) is 278 Å². The first-order valence-electron chi connectivity index (χ1n) is 42.0. The zero-order valence-electron chi connectivity index (χ0n) is 71.5. The number of para-hydroxylation sites is 4. The fourth-order valence-corrected chi connectivity index (χ4v) is 16.5. The lowest BCUT2D eigenvalue weighted by molar-refractivity contribution is -0.00233. The summed E-state index contributed by atoms with van der Waals surface area (Å²) in [7, 11) is 0. The second-order valence-corrected chi connectivity index (χ2v) is 35.2. The van der Waals surface area contributed by atoms with Gasteiger partial charge in [0.1, 0.15) is 62.2 Å². The summed E-state index contributed by atoms with van der Waals surface area (Å²) in [6.45, 7) is 33.1. The van der Waals surface area contributed by atoms with Crippen LogP contribution in [0.4, 0.5) is 20.1 Å². The molecule has 0 radical (unpaired) electrons. The molecular weight excluding hydrogens is 1550 g/mol. The third-order valence-electron chi connectivity index (χ3n) is 22.7. The highest BCUT2D eigenvalue weighted by atomic mass is 16.6. The lowest BCUT2D eigenvalue weighted by atomic mass is 9.83. The van der Waals surface area contributed by atoms with Gasteiger partial charge in [0, 0.05) is 143 Å². The van der Waals surface area contributed by atoms with Crippen LogP contribution in [0.15, 0.2) is 233 Å². The highest BCUT2D eigenvalue weighted by Gasteiger charge is 2.45. The van der Waals surface area contributed by atoms with Crippen LogP contribution >= 0.6 is 0 Å². The van der Waals surface area contributed by atoms with Crippen LogP contribution in [0.3, 0.4) is 0 Å². The fourth-order valence-electron chi connectivity index (χ4n) is 16.5. The highest BCUT2D eigenvalue weighted by molar-refractivity contribution is 5.98. The Labute approximate surface area is 717 Å². The zero-order chi connectivity index (χ0) is 86.5. The van der Waals surface area contributed by atoms with Gasteiger partial charge in [-0.05, 0) is 169 Å². The van der Waals surface area contributed by atoms with Gasteiger partial charge < -0.3 is 73.2 Å². The molecule has 4 spiro atoms. The van der Waals surface area contributed by atoms with Gasteiger partial charge in [-0.2, -0.15) is 9.97 Å². The molecule has 4 N–H and O–H groups in total. The number of hydrogen-bond acceptors (Lipinski definition) is 19. The van der Waals surface area contributed by atoms with Gasteiger partial charge in [-0.1, -0.05) is 185 Å². The summed E-state index contributed by atoms with van der Waals surface area (Å²) < 4.78 is 52.8. The largest absolute Gasteiger partial charge is 0.482 e. The standard InChI is InChI=1S/C27H29N3O4.C25H29N3O4.C25H26N2O3.C22H21N3O2/c1-18-28-24(29-34-18)20-11-9-19(10-12-20)22-17-27(32-23-8-6-5-7-21(22)23)13-15-30(16-14-27)25(31)33-26(2,3)4;1-24(2,3)32-23(29)28-14-12-25(13-15-28)16-20(19-6-4-5-7-21(19)31-25)17-8-10-18(11-9-17)22(26)27-30;1-24(2,3)30-23(28)27-15-13-25(14-16-27)17-21(18-9-11-19(26-4)12-10-18)20-7-5-6-8-22(20)29-25;1-15-24-21(25-27-15)17-8-6-16(7-9-17)19-14-22(10-12-23-13-11-22)26-20-5-3-2-4-18(19)20/h5-12,17H,13-16H2,1-4H3;4-11,16,30H,12-15H2,1-3H3,(H2,26,27);5-12,17H,13-16H2,1-3H3;2-9,14,23H,10-13H2,1H3. The van der Waals surface area contributed by atoms with Crippen molar-refractivity contribution in [3.8, 4) is 45.8 Å². The molecule has 10 aromatic rings. The maximum absolute atomic E-state index is 12.6. The van der Waals surface area contributed by atoms with Gasteiger partial charge in [0.2, 0.25) is 23.4 Å². The van der Waals surface area contributed by atoms with Crippen LogP contribution in [-0.2, 0) is 14.2 Å². The summed E-state index contributed by atoms with van der Waals surface area (Å²) in [6, 6.07) is 64.3. The smallest absolute Gasteiger partial charge is 0.410 e. The number of aromatic nitrogens is 4. The van der Waals surface area contributed by atoms with Crippen LogP contribution in [0.2, 0.25) is 0 Å². The lowest BCUT2D eigenvalue weighted by Gasteiger charge is -2.43. The van der Waals surface area contributed by atoms with Gasteiger partial charge in [-0.25, -0.2) is 19.2 Å². The SMILES string of the molecule is CC(C)(C)OC(=O)N1CCC2(C=C(c3ccc(/C(N)=N/O)cc3)c3ccccc3O2)CC1.Cc1nc(-c2ccc(C3=CC4(CCN(C(=O)OC(C)(C)C)CC4)Oc4ccccc43)cc2)no1.Cc1nc(-c2ccc(C3=CC4(CCNCC4)Oc4ccccc43)cc2)no1.[C-]#[N+]c1ccc(C2=CC3(CCN(C(=O)OC(C)(C)C)CC3)Oc3ccccc32)cc1. The molecule has 8 aliphatic heterocycles. The Morgan fingerprint density at radius 3 is 0.951 bits per heavy atom. The lowest BCUT2D eigenvalue weighted by Crippen LogP contribution is -2.50. The van der Waals surface area contributed by atoms with E-state index in [2.05, 4.69) is 115 Å². The molecule has 634 valence electrons. The predicted molar refractivity (Wildman–Crippen MR) is 471 cm³/mol. The van der Waals surface area contributed by atoms with Crippen molar-refractivity contribution in [3.05, 3.63) is 292 Å². The molecule has 2 aromatic heterocycles. The number of ether oxygens (including phenoxy) is 7. The predicted octanol–water partition coefficient (Wildman–Crippen LogP) is 19.8. The number of nitrogens with one attached hydrogen (secondary N) is 1. The van der Waals surface area contributed by atoms with E-state index in [1.54, 1.807) is 28.5 Å². The van der Waals surface area contributed by atoms with Crippen molar-refractivity contribution >= 4 is 52.1 Å². The average Bonchev–Trinajstić information content (AvgIpc) is 0.873. The second-order valence-electron chi connectivity index (χ2n) is 35.2. The molecule has 18 rings (SSSR count). The molecule has 123 heavy (non-hydrogen) atoms. The van der Waals surface area contributed by atoms with Crippen molar-refractivity contribution in [1.29, 1.82) is 0 Å². The number of nitrogens with zero attached hydrogens (tertiary/aromatic N) is 9. The Bertz CT molecular complexity index is 5710. The quantitative estimate of drug-likeness (QED) is 0.0334. The number of benzene rings is 8. The number of amides is 3. The van der Waals surface area contributed by atoms with Crippen molar-refractivity contribution in [2.75, 3.05) is 52.4 Å². The van der Waals surface area contributed by atoms with Crippen LogP contribution in [0.5, 0.6) is 23.0 Å². The van der Waals surface area contributed by atoms with Gasteiger partial charge in [0.25, 0.3) is 0 Å². The normalized spacial score (nSPS) is 17.5. The average molecular weight is 1660 g/mol. The molecule has 0 unspecified atom stereocenters. The van der Waals surface area contributed by atoms with E-state index < -0.39 is 33.6 Å². The van der Waals surface area contributed by atoms with Crippen LogP contribution in [0.1, 0.15) is 176 Å². The molecule has 8 aliphatic rings. The number of likely N-dealkylation sites (tertiary alicyclic amines) is 3. The fraction of sp³-hybridized carbons (Fsp3) is 0.343. The van der Waals surface area contributed by atoms with Crippen molar-refractivity contribution in [3.63, 3.8) is 0 Å². The number of fused-ring (bicyclic) bond motifs is 4. The van der Waals surface area contributed by atoms with E-state index >= 15 is 0 Å². The Morgan fingerprint density at radius 2 is 0.683 bits per heavy atom. The number of rotatable bonds is 7. The minimum atomic E-state index is -0.518. The van der Waals surface area contributed by atoms with E-state index in [1.165, 1.54) is 11.1 Å². The number of piperidine rings is 4. The summed E-state index contributed by atoms with van der Waals surface area (Å²) in [4.78, 5) is 54.9. The minimum absolute atomic E-state index is 0.0730. The molecule has 10 heterocycles. The van der Waals surface area contributed by atoms with Crippen LogP contribution < -0.4 is 30.0 Å². The molecule has 24 nitrogen and oxygen atoms in total. The maximum atomic E-state index is 12.6. The second kappa shape index (κ2) is 35.1. The van der Waals surface area contributed by atoms with Crippen molar-refractivity contribution < 1.29 is 61.8 Å².